The van der Waals surface area contributed by atoms with Crippen molar-refractivity contribution in [1.82, 2.24) is 0 Å². The predicted molar refractivity (Wildman–Crippen MR) is 107 cm³/mol. The first-order chi connectivity index (χ1) is 13.6. The Morgan fingerprint density at radius 1 is 1.21 bits per heavy atom. The van der Waals surface area contributed by atoms with Crippen LogP contribution in [-0.2, 0) is 14.3 Å². The number of benzene rings is 1. The smallest absolute Gasteiger partial charge is 0.345 e. The van der Waals surface area contributed by atoms with E-state index in [1.807, 2.05) is 0 Å². The summed E-state index contributed by atoms with van der Waals surface area (Å²) in [6.45, 7) is 4.67. The van der Waals surface area contributed by atoms with Crippen molar-refractivity contribution in [2.24, 2.45) is 0 Å². The Hall–Kier alpha value is -2.98. The van der Waals surface area contributed by atoms with Crippen LogP contribution in [0.25, 0.3) is 0 Å². The Bertz CT molecular complexity index is 987. The minimum atomic E-state index is -1.05. The van der Waals surface area contributed by atoms with Gasteiger partial charge in [0.2, 0.25) is 0 Å². The monoisotopic (exact) mass is 440 g/mol. The second-order valence-electron chi connectivity index (χ2n) is 5.75. The summed E-state index contributed by atoms with van der Waals surface area (Å²) in [6.07, 6.45) is 0. The number of ether oxygens (including phenoxy) is 2. The molecular weight excluding hydrogens is 424 g/mol. The molecule has 0 atom stereocenters. The van der Waals surface area contributed by atoms with Crippen LogP contribution in [-0.4, -0.2) is 36.0 Å². The fraction of sp³-hybridized carbons (Fsp3) is 0.278. The first-order valence-corrected chi connectivity index (χ1v) is 9.53. The molecule has 154 valence electrons. The molecule has 0 saturated carbocycles. The van der Waals surface area contributed by atoms with Crippen molar-refractivity contribution in [2.75, 3.05) is 18.5 Å². The van der Waals surface area contributed by atoms with Gasteiger partial charge in [0.1, 0.15) is 10.6 Å². The number of thiophene rings is 1. The van der Waals surface area contributed by atoms with Gasteiger partial charge in [0.25, 0.3) is 11.6 Å². The van der Waals surface area contributed by atoms with E-state index in [0.29, 0.717) is 5.56 Å². The number of anilines is 1. The number of carbonyl (C=O) groups is 3. The van der Waals surface area contributed by atoms with Crippen LogP contribution >= 0.6 is 22.9 Å². The average Bonchev–Trinajstić information content (AvgIpc) is 2.93. The molecule has 0 saturated heterocycles. The van der Waals surface area contributed by atoms with Crippen LogP contribution in [0.2, 0.25) is 5.02 Å². The summed E-state index contributed by atoms with van der Waals surface area (Å²) in [5, 5.41) is 13.9. The molecule has 0 aliphatic heterocycles. The molecule has 29 heavy (non-hydrogen) atoms. The van der Waals surface area contributed by atoms with E-state index in [9.17, 15) is 24.5 Å². The molecule has 2 rings (SSSR count). The van der Waals surface area contributed by atoms with Gasteiger partial charge in [0.05, 0.1) is 17.1 Å². The predicted octanol–water partition coefficient (Wildman–Crippen LogP) is 3.90. The van der Waals surface area contributed by atoms with Crippen molar-refractivity contribution < 1.29 is 28.8 Å². The molecule has 0 spiro atoms. The minimum absolute atomic E-state index is 0.0842. The molecule has 2 aromatic rings. The number of hydrogen-bond donors (Lipinski definition) is 1. The molecule has 9 nitrogen and oxygen atoms in total. The quantitative estimate of drug-likeness (QED) is 0.393. The summed E-state index contributed by atoms with van der Waals surface area (Å²) in [5.74, 6) is -2.33. The van der Waals surface area contributed by atoms with Gasteiger partial charge in [-0.05, 0) is 38.5 Å². The zero-order chi connectivity index (χ0) is 21.7. The summed E-state index contributed by atoms with van der Waals surface area (Å²) < 4.78 is 9.87. The molecule has 1 aromatic heterocycles. The molecule has 1 amide bonds. The van der Waals surface area contributed by atoms with E-state index in [4.69, 9.17) is 21.1 Å². The van der Waals surface area contributed by atoms with Gasteiger partial charge >= 0.3 is 11.9 Å². The van der Waals surface area contributed by atoms with Gasteiger partial charge in [-0.3, -0.25) is 14.9 Å². The van der Waals surface area contributed by atoms with Crippen molar-refractivity contribution >= 4 is 51.5 Å². The van der Waals surface area contributed by atoms with E-state index < -0.39 is 35.1 Å². The zero-order valence-corrected chi connectivity index (χ0v) is 17.3. The highest BCUT2D eigenvalue weighted by Gasteiger charge is 2.24. The summed E-state index contributed by atoms with van der Waals surface area (Å²) >= 11 is 6.89. The fourth-order valence-electron chi connectivity index (χ4n) is 2.36. The Kier molecular flexibility index (Phi) is 7.29. The molecule has 0 fully saturated rings. The number of nitro groups is 1. The minimum Gasteiger partial charge on any atom is -0.462 e. The first kappa shape index (κ1) is 22.3. The highest BCUT2D eigenvalue weighted by molar-refractivity contribution is 7.16. The average molecular weight is 441 g/mol. The van der Waals surface area contributed by atoms with E-state index in [-0.39, 0.29) is 27.8 Å². The van der Waals surface area contributed by atoms with Crippen molar-refractivity contribution in [3.05, 3.63) is 54.9 Å². The lowest BCUT2D eigenvalue weighted by Gasteiger charge is -2.08. The lowest BCUT2D eigenvalue weighted by molar-refractivity contribution is -0.385. The Morgan fingerprint density at radius 2 is 1.90 bits per heavy atom. The van der Waals surface area contributed by atoms with E-state index in [0.717, 1.165) is 17.0 Å². The summed E-state index contributed by atoms with van der Waals surface area (Å²) in [4.78, 5) is 47.6. The normalized spacial score (nSPS) is 10.3. The lowest BCUT2D eigenvalue weighted by atomic mass is 10.1. The molecule has 0 bridgehead atoms. The molecule has 1 heterocycles. The SMILES string of the molecule is CCOC(=O)c1c(NC(=O)COC(=O)c2ccc(Cl)cc2[N+](=O)[O-])sc(C)c1C. The van der Waals surface area contributed by atoms with Gasteiger partial charge in [-0.2, -0.15) is 0 Å². The van der Waals surface area contributed by atoms with Gasteiger partial charge in [-0.15, -0.1) is 11.3 Å². The summed E-state index contributed by atoms with van der Waals surface area (Å²) in [6, 6.07) is 3.46. The molecule has 0 aliphatic rings. The fourth-order valence-corrected chi connectivity index (χ4v) is 3.60. The van der Waals surface area contributed by atoms with Crippen molar-refractivity contribution in [1.29, 1.82) is 0 Å². The van der Waals surface area contributed by atoms with Crippen LogP contribution in [0.5, 0.6) is 0 Å². The number of hydrogen-bond acceptors (Lipinski definition) is 8. The number of esters is 2. The number of aryl methyl sites for hydroxylation is 1. The number of nitrogens with one attached hydrogen (secondary N) is 1. The van der Waals surface area contributed by atoms with Gasteiger partial charge < -0.3 is 14.8 Å². The summed E-state index contributed by atoms with van der Waals surface area (Å²) in [7, 11) is 0. The molecule has 1 aromatic carbocycles. The van der Waals surface area contributed by atoms with Crippen LogP contribution in [0.15, 0.2) is 18.2 Å². The number of nitro benzene ring substituents is 1. The molecule has 0 aliphatic carbocycles. The van der Waals surface area contributed by atoms with Gasteiger partial charge in [0.15, 0.2) is 6.61 Å². The molecule has 11 heteroatoms. The number of amides is 1. The lowest BCUT2D eigenvalue weighted by Crippen LogP contribution is -2.22. The maximum Gasteiger partial charge on any atom is 0.345 e. The third-order valence-corrected chi connectivity index (χ3v) is 5.19. The molecular formula is C18H17ClN2O7S. The summed E-state index contributed by atoms with van der Waals surface area (Å²) in [5.41, 5.74) is 0.0548. The second kappa shape index (κ2) is 9.48. The first-order valence-electron chi connectivity index (χ1n) is 8.33. The number of nitrogens with zero attached hydrogens (tertiary/aromatic N) is 1. The largest absolute Gasteiger partial charge is 0.462 e. The molecule has 0 radical (unpaired) electrons. The third kappa shape index (κ3) is 5.30. The number of carbonyl (C=O) groups excluding carboxylic acids is 3. The van der Waals surface area contributed by atoms with Crippen LogP contribution in [0.3, 0.4) is 0 Å². The van der Waals surface area contributed by atoms with E-state index in [1.165, 1.54) is 17.4 Å². The van der Waals surface area contributed by atoms with Gasteiger partial charge in [0, 0.05) is 16.0 Å². The van der Waals surface area contributed by atoms with Crippen LogP contribution in [0.4, 0.5) is 10.7 Å². The molecule has 0 unspecified atom stereocenters. The van der Waals surface area contributed by atoms with Crippen molar-refractivity contribution in [3.63, 3.8) is 0 Å². The van der Waals surface area contributed by atoms with Crippen molar-refractivity contribution in [3.8, 4) is 0 Å². The number of halogens is 1. The second-order valence-corrected chi connectivity index (χ2v) is 7.41. The van der Waals surface area contributed by atoms with Crippen LogP contribution in [0, 0.1) is 24.0 Å². The highest BCUT2D eigenvalue weighted by Crippen LogP contribution is 2.33. The third-order valence-electron chi connectivity index (χ3n) is 3.83. The van der Waals surface area contributed by atoms with Gasteiger partial charge in [-0.25, -0.2) is 9.59 Å². The van der Waals surface area contributed by atoms with E-state index >= 15 is 0 Å². The zero-order valence-electron chi connectivity index (χ0n) is 15.7. The Morgan fingerprint density at radius 3 is 2.52 bits per heavy atom. The Labute approximate surface area is 174 Å². The number of rotatable bonds is 7. The standard InChI is InChI=1S/C18H17ClN2O7S/c1-4-27-18(24)15-9(2)10(3)29-16(15)20-14(22)8-28-17(23)12-6-5-11(19)7-13(12)21(25)26/h5-7H,4,8H2,1-3H3,(H,20,22). The van der Waals surface area contributed by atoms with Crippen LogP contribution < -0.4 is 5.32 Å². The topological polar surface area (TPSA) is 125 Å². The van der Waals surface area contributed by atoms with Crippen molar-refractivity contribution in [2.45, 2.75) is 20.8 Å². The Balaban J connectivity index is 2.10. The van der Waals surface area contributed by atoms with E-state index in [1.54, 1.807) is 20.8 Å². The maximum atomic E-state index is 12.2. The maximum absolute atomic E-state index is 12.2. The van der Waals surface area contributed by atoms with E-state index in [2.05, 4.69) is 5.32 Å². The van der Waals surface area contributed by atoms with Crippen LogP contribution in [0.1, 0.15) is 38.1 Å². The van der Waals surface area contributed by atoms with Gasteiger partial charge in [-0.1, -0.05) is 11.6 Å². The molecule has 1 N–H and O–H groups in total. The highest BCUT2D eigenvalue weighted by atomic mass is 35.5.